The summed E-state index contributed by atoms with van der Waals surface area (Å²) in [5.74, 6) is 0.998. The zero-order valence-corrected chi connectivity index (χ0v) is 12.5. The molecule has 0 aliphatic carbocycles. The maximum Gasteiger partial charge on any atom is 0.123 e. The van der Waals surface area contributed by atoms with Crippen molar-refractivity contribution in [2.75, 3.05) is 0 Å². The number of hydrogen-bond acceptors (Lipinski definition) is 2. The lowest BCUT2D eigenvalue weighted by Gasteiger charge is -2.18. The van der Waals surface area contributed by atoms with Crippen molar-refractivity contribution in [3.63, 3.8) is 0 Å². The van der Waals surface area contributed by atoms with Gasteiger partial charge in [-0.3, -0.25) is 0 Å². The fourth-order valence-electron chi connectivity index (χ4n) is 3.06. The largest absolute Gasteiger partial charge is 0.487 e. The Morgan fingerprint density at radius 3 is 2.79 bits per heavy atom. The zero-order valence-electron chi connectivity index (χ0n) is 11.8. The molecule has 2 nitrogen and oxygen atoms in total. The zero-order chi connectivity index (χ0) is 13.6. The van der Waals surface area contributed by atoms with Crippen LogP contribution < -0.4 is 4.74 Å². The summed E-state index contributed by atoms with van der Waals surface area (Å²) in [5.41, 5.74) is 2.32. The van der Waals surface area contributed by atoms with Crippen LogP contribution in [-0.2, 0) is 11.2 Å². The van der Waals surface area contributed by atoms with E-state index in [2.05, 4.69) is 32.9 Å². The molecule has 104 valence electrons. The van der Waals surface area contributed by atoms with Gasteiger partial charge in [-0.05, 0) is 50.8 Å². The topological polar surface area (TPSA) is 18.5 Å². The summed E-state index contributed by atoms with van der Waals surface area (Å²) in [6.07, 6.45) is 3.58. The molecule has 2 aliphatic rings. The number of fused-ring (bicyclic) bond motifs is 1. The first-order chi connectivity index (χ1) is 8.94. The summed E-state index contributed by atoms with van der Waals surface area (Å²) in [7, 11) is 0. The van der Waals surface area contributed by atoms with Crippen molar-refractivity contribution in [2.45, 2.75) is 63.2 Å². The number of ether oxygens (including phenoxy) is 2. The third-order valence-corrected chi connectivity index (χ3v) is 4.53. The molecule has 0 saturated carbocycles. The van der Waals surface area contributed by atoms with E-state index in [1.54, 1.807) is 0 Å². The van der Waals surface area contributed by atoms with Crippen molar-refractivity contribution in [3.8, 4) is 5.75 Å². The van der Waals surface area contributed by atoms with Gasteiger partial charge in [0, 0.05) is 6.42 Å². The second-order valence-corrected chi connectivity index (χ2v) is 6.84. The quantitative estimate of drug-likeness (QED) is 0.754. The Hall–Kier alpha value is -0.730. The van der Waals surface area contributed by atoms with Gasteiger partial charge in [0.1, 0.15) is 11.4 Å². The average Bonchev–Trinajstić information content (AvgIpc) is 2.88. The summed E-state index contributed by atoms with van der Waals surface area (Å²) in [6, 6.07) is 6.31. The highest BCUT2D eigenvalue weighted by molar-refractivity contribution is 6.21. The molecule has 0 amide bonds. The van der Waals surface area contributed by atoms with Crippen molar-refractivity contribution in [1.82, 2.24) is 0 Å². The molecule has 0 N–H and O–H groups in total. The van der Waals surface area contributed by atoms with E-state index in [0.29, 0.717) is 6.10 Å². The van der Waals surface area contributed by atoms with E-state index in [9.17, 15) is 0 Å². The molecule has 3 heteroatoms. The molecule has 3 rings (SSSR count). The average molecular weight is 281 g/mol. The molecule has 3 unspecified atom stereocenters. The van der Waals surface area contributed by atoms with E-state index < -0.39 is 0 Å². The molecule has 1 fully saturated rings. The summed E-state index contributed by atoms with van der Waals surface area (Å²) < 4.78 is 11.8. The van der Waals surface area contributed by atoms with Crippen LogP contribution in [0.3, 0.4) is 0 Å². The molecule has 19 heavy (non-hydrogen) atoms. The first-order valence-corrected chi connectivity index (χ1v) is 7.50. The highest BCUT2D eigenvalue weighted by Gasteiger charge is 2.33. The van der Waals surface area contributed by atoms with E-state index in [0.717, 1.165) is 30.6 Å². The second-order valence-electron chi connectivity index (χ2n) is 6.37. The molecule has 1 aromatic rings. The van der Waals surface area contributed by atoms with Gasteiger partial charge in [-0.15, -0.1) is 11.6 Å². The van der Waals surface area contributed by atoms with Crippen LogP contribution >= 0.6 is 11.6 Å². The van der Waals surface area contributed by atoms with E-state index in [-0.39, 0.29) is 17.1 Å². The lowest BCUT2D eigenvalue weighted by atomic mass is 9.97. The van der Waals surface area contributed by atoms with Gasteiger partial charge in [-0.1, -0.05) is 12.1 Å². The van der Waals surface area contributed by atoms with Crippen LogP contribution in [0.5, 0.6) is 5.75 Å². The van der Waals surface area contributed by atoms with Crippen LogP contribution in [0, 0.1) is 0 Å². The van der Waals surface area contributed by atoms with Gasteiger partial charge >= 0.3 is 0 Å². The fourth-order valence-corrected chi connectivity index (χ4v) is 3.39. The number of alkyl halides is 1. The van der Waals surface area contributed by atoms with Gasteiger partial charge in [-0.25, -0.2) is 0 Å². The van der Waals surface area contributed by atoms with Gasteiger partial charge in [0.25, 0.3) is 0 Å². The molecule has 2 aliphatic heterocycles. The minimum Gasteiger partial charge on any atom is -0.487 e. The van der Waals surface area contributed by atoms with Crippen molar-refractivity contribution in [2.24, 2.45) is 0 Å². The summed E-state index contributed by atoms with van der Waals surface area (Å²) in [5, 5.41) is -0.0565. The Labute approximate surface area is 120 Å². The smallest absolute Gasteiger partial charge is 0.123 e. The fraction of sp³-hybridized carbons (Fsp3) is 0.625. The van der Waals surface area contributed by atoms with Crippen LogP contribution in [0.1, 0.15) is 50.1 Å². The molecule has 3 atom stereocenters. The van der Waals surface area contributed by atoms with Crippen molar-refractivity contribution in [1.29, 1.82) is 0 Å². The number of halogens is 1. The lowest BCUT2D eigenvalue weighted by Crippen LogP contribution is -2.24. The van der Waals surface area contributed by atoms with Crippen LogP contribution in [0.2, 0.25) is 0 Å². The number of hydrogen-bond donors (Lipinski definition) is 0. The Balaban J connectivity index is 1.80. The molecule has 0 aromatic heterocycles. The number of rotatable bonds is 2. The van der Waals surface area contributed by atoms with Gasteiger partial charge in [-0.2, -0.15) is 0 Å². The third kappa shape index (κ3) is 2.61. The van der Waals surface area contributed by atoms with Crippen molar-refractivity contribution >= 4 is 11.6 Å². The highest BCUT2D eigenvalue weighted by atomic mass is 35.5. The predicted molar refractivity (Wildman–Crippen MR) is 77.0 cm³/mol. The number of benzene rings is 1. The second kappa shape index (κ2) is 4.68. The van der Waals surface area contributed by atoms with Crippen LogP contribution in [0.15, 0.2) is 18.2 Å². The van der Waals surface area contributed by atoms with Crippen molar-refractivity contribution < 1.29 is 9.47 Å². The maximum atomic E-state index is 6.58. The molecule has 2 heterocycles. The molecule has 1 saturated heterocycles. The van der Waals surface area contributed by atoms with Gasteiger partial charge < -0.3 is 9.47 Å². The molecular formula is C16H21ClO2. The minimum absolute atomic E-state index is 0.0565. The maximum absolute atomic E-state index is 6.58. The van der Waals surface area contributed by atoms with Gasteiger partial charge in [0.2, 0.25) is 0 Å². The van der Waals surface area contributed by atoms with Gasteiger partial charge in [0.15, 0.2) is 0 Å². The first kappa shape index (κ1) is 13.3. The first-order valence-electron chi connectivity index (χ1n) is 7.06. The lowest BCUT2D eigenvalue weighted by molar-refractivity contribution is 0.0533. The Kier molecular flexibility index (Phi) is 3.26. The van der Waals surface area contributed by atoms with Crippen LogP contribution in [-0.4, -0.2) is 17.8 Å². The van der Waals surface area contributed by atoms with Crippen LogP contribution in [0.25, 0.3) is 0 Å². The monoisotopic (exact) mass is 280 g/mol. The standard InChI is InChI=1S/C16H21ClO2/c1-10-4-6-14(18-10)15(17)11-5-7-13-12(8-11)9-16(2,3)19-13/h5,7-8,10,14-15H,4,6,9H2,1-3H3. The summed E-state index contributed by atoms with van der Waals surface area (Å²) in [4.78, 5) is 0. The van der Waals surface area contributed by atoms with E-state index >= 15 is 0 Å². The molecule has 0 spiro atoms. The molecule has 0 bridgehead atoms. The third-order valence-electron chi connectivity index (χ3n) is 4.00. The van der Waals surface area contributed by atoms with E-state index in [1.807, 2.05) is 6.07 Å². The summed E-state index contributed by atoms with van der Waals surface area (Å²) in [6.45, 7) is 6.35. The van der Waals surface area contributed by atoms with Gasteiger partial charge in [0.05, 0.1) is 17.6 Å². The molecule has 1 aromatic carbocycles. The van der Waals surface area contributed by atoms with Crippen LogP contribution in [0.4, 0.5) is 0 Å². The Bertz CT molecular complexity index is 484. The molecular weight excluding hydrogens is 260 g/mol. The normalized spacial score (nSPS) is 29.9. The van der Waals surface area contributed by atoms with Crippen molar-refractivity contribution in [3.05, 3.63) is 29.3 Å². The highest BCUT2D eigenvalue weighted by Crippen LogP contribution is 2.40. The SMILES string of the molecule is CC1CCC(C(Cl)c2ccc3c(c2)CC(C)(C)O3)O1. The Morgan fingerprint density at radius 1 is 1.32 bits per heavy atom. The van der Waals surface area contributed by atoms with E-state index in [4.69, 9.17) is 21.1 Å². The Morgan fingerprint density at radius 2 is 2.11 bits per heavy atom. The summed E-state index contributed by atoms with van der Waals surface area (Å²) >= 11 is 6.58. The minimum atomic E-state index is -0.0961. The predicted octanol–water partition coefficient (Wildman–Crippen LogP) is 4.25. The van der Waals surface area contributed by atoms with E-state index in [1.165, 1.54) is 5.56 Å². The molecule has 0 radical (unpaired) electrons.